The number of rotatable bonds is 4. The van der Waals surface area contributed by atoms with Crippen LogP contribution in [-0.4, -0.2) is 67.7 Å². The first-order valence-electron chi connectivity index (χ1n) is 8.28. The van der Waals surface area contributed by atoms with E-state index in [0.717, 1.165) is 11.8 Å². The van der Waals surface area contributed by atoms with Gasteiger partial charge in [-0.15, -0.1) is 0 Å². The Morgan fingerprint density at radius 1 is 1.20 bits per heavy atom. The predicted octanol–water partition coefficient (Wildman–Crippen LogP) is 1.40. The van der Waals surface area contributed by atoms with Crippen molar-refractivity contribution >= 4 is 15.7 Å². The molecule has 2 heterocycles. The van der Waals surface area contributed by atoms with Gasteiger partial charge < -0.3 is 4.90 Å². The third kappa shape index (κ3) is 4.00. The van der Waals surface area contributed by atoms with Crippen LogP contribution in [0.3, 0.4) is 0 Å². The molecule has 0 aliphatic carbocycles. The topological polar surface area (TPSA) is 57.7 Å². The number of amides is 1. The van der Waals surface area contributed by atoms with Crippen LogP contribution < -0.4 is 0 Å². The average molecular weight is 372 g/mol. The quantitative estimate of drug-likeness (QED) is 0.802. The molecule has 0 unspecified atom stereocenters. The maximum atomic E-state index is 14.3. The lowest BCUT2D eigenvalue weighted by Crippen LogP contribution is -2.62. The highest BCUT2D eigenvalue weighted by atomic mass is 32.2. The Hall–Kier alpha value is -1.54. The fourth-order valence-corrected chi connectivity index (χ4v) is 4.22. The molecule has 1 atom stereocenters. The largest absolute Gasteiger partial charge is 0.339 e. The van der Waals surface area contributed by atoms with Gasteiger partial charge in [0.2, 0.25) is 5.91 Å². The summed E-state index contributed by atoms with van der Waals surface area (Å²) in [5.41, 5.74) is 1.01. The Morgan fingerprint density at radius 3 is 2.44 bits per heavy atom. The highest BCUT2D eigenvalue weighted by Crippen LogP contribution is 2.36. The summed E-state index contributed by atoms with van der Waals surface area (Å²) in [6.07, 6.45) is 0.746. The normalized spacial score (nSPS) is 24.8. The highest BCUT2D eigenvalue weighted by Gasteiger charge is 2.51. The standard InChI is InChI=1S/C17H22F2N2O3S/c1-25(23,24)14-10-21(11-14)16(22)15-12-20(8-7-17(15,18)19)9-13-5-3-2-4-6-13/h2-6,14-15H,7-12H2,1H3/t15-/m0/s1. The van der Waals surface area contributed by atoms with Crippen molar-refractivity contribution in [1.82, 2.24) is 9.80 Å². The van der Waals surface area contributed by atoms with Crippen LogP contribution in [0.15, 0.2) is 30.3 Å². The van der Waals surface area contributed by atoms with E-state index in [1.54, 1.807) is 0 Å². The molecule has 5 nitrogen and oxygen atoms in total. The molecule has 2 aliphatic heterocycles. The van der Waals surface area contributed by atoms with Crippen LogP contribution >= 0.6 is 0 Å². The number of carbonyl (C=O) groups is 1. The molecule has 3 rings (SSSR count). The Labute approximate surface area is 146 Å². The zero-order valence-electron chi connectivity index (χ0n) is 14.1. The van der Waals surface area contributed by atoms with Gasteiger partial charge >= 0.3 is 0 Å². The van der Waals surface area contributed by atoms with Gasteiger partial charge in [0.05, 0.1) is 5.25 Å². The maximum Gasteiger partial charge on any atom is 0.262 e. The molecule has 0 bridgehead atoms. The third-order valence-corrected chi connectivity index (χ3v) is 6.53. The molecule has 2 aliphatic rings. The van der Waals surface area contributed by atoms with Crippen LogP contribution in [0.25, 0.3) is 0 Å². The van der Waals surface area contributed by atoms with Crippen LogP contribution in [0.2, 0.25) is 0 Å². The van der Waals surface area contributed by atoms with E-state index in [4.69, 9.17) is 0 Å². The van der Waals surface area contributed by atoms with Gasteiger partial charge in [-0.3, -0.25) is 9.69 Å². The number of likely N-dealkylation sites (tertiary alicyclic amines) is 2. The summed E-state index contributed by atoms with van der Waals surface area (Å²) >= 11 is 0. The first kappa shape index (κ1) is 18.3. The van der Waals surface area contributed by atoms with E-state index in [0.29, 0.717) is 6.54 Å². The summed E-state index contributed by atoms with van der Waals surface area (Å²) in [4.78, 5) is 15.6. The van der Waals surface area contributed by atoms with Crippen LogP contribution in [0.1, 0.15) is 12.0 Å². The van der Waals surface area contributed by atoms with Crippen LogP contribution in [-0.2, 0) is 21.2 Å². The van der Waals surface area contributed by atoms with Crippen molar-refractivity contribution in [3.8, 4) is 0 Å². The van der Waals surface area contributed by atoms with E-state index >= 15 is 0 Å². The van der Waals surface area contributed by atoms with E-state index in [2.05, 4.69) is 0 Å². The van der Waals surface area contributed by atoms with Crippen LogP contribution in [0, 0.1) is 5.92 Å². The summed E-state index contributed by atoms with van der Waals surface area (Å²) in [6, 6.07) is 9.53. The molecule has 1 aromatic rings. The second-order valence-corrected chi connectivity index (χ2v) is 9.30. The molecule has 2 fully saturated rings. The van der Waals surface area contributed by atoms with Crippen molar-refractivity contribution in [3.05, 3.63) is 35.9 Å². The molecule has 1 aromatic carbocycles. The number of nitrogens with zero attached hydrogens (tertiary/aromatic N) is 2. The van der Waals surface area contributed by atoms with Gasteiger partial charge in [-0.05, 0) is 5.56 Å². The summed E-state index contributed by atoms with van der Waals surface area (Å²) in [5.74, 6) is -5.10. The first-order chi connectivity index (χ1) is 11.7. The number of halogens is 2. The number of alkyl halides is 2. The minimum absolute atomic E-state index is 0.0131. The number of benzene rings is 1. The van der Waals surface area contributed by atoms with Crippen molar-refractivity contribution in [2.24, 2.45) is 5.92 Å². The van der Waals surface area contributed by atoms with Gasteiger partial charge in [0.15, 0.2) is 9.84 Å². The Morgan fingerprint density at radius 2 is 1.84 bits per heavy atom. The number of hydrogen-bond acceptors (Lipinski definition) is 4. The minimum Gasteiger partial charge on any atom is -0.339 e. The van der Waals surface area contributed by atoms with E-state index in [1.165, 1.54) is 4.90 Å². The third-order valence-electron chi connectivity index (χ3n) is 5.02. The van der Waals surface area contributed by atoms with E-state index in [9.17, 15) is 22.0 Å². The van der Waals surface area contributed by atoms with Crippen molar-refractivity contribution < 1.29 is 22.0 Å². The lowest BCUT2D eigenvalue weighted by atomic mass is 9.90. The lowest BCUT2D eigenvalue weighted by molar-refractivity contribution is -0.163. The molecule has 1 amide bonds. The van der Waals surface area contributed by atoms with Gasteiger partial charge in [0.25, 0.3) is 5.92 Å². The van der Waals surface area contributed by atoms with E-state index in [-0.39, 0.29) is 32.6 Å². The Balaban J connectivity index is 1.65. The van der Waals surface area contributed by atoms with Crippen LogP contribution in [0.5, 0.6) is 0 Å². The number of hydrogen-bond donors (Lipinski definition) is 0. The Kier molecular flexibility index (Phi) is 4.85. The molecule has 138 valence electrons. The van der Waals surface area contributed by atoms with Gasteiger partial charge in [-0.25, -0.2) is 17.2 Å². The van der Waals surface area contributed by atoms with Crippen molar-refractivity contribution in [2.45, 2.75) is 24.1 Å². The average Bonchev–Trinajstić information content (AvgIpc) is 2.47. The predicted molar refractivity (Wildman–Crippen MR) is 90.0 cm³/mol. The number of carbonyl (C=O) groups excluding carboxylic acids is 1. The Bertz CT molecular complexity index is 734. The zero-order chi connectivity index (χ0) is 18.2. The van der Waals surface area contributed by atoms with E-state index in [1.807, 2.05) is 35.2 Å². The molecule has 0 saturated carbocycles. The molecule has 2 saturated heterocycles. The number of piperidine rings is 1. The molecule has 0 aromatic heterocycles. The molecule has 0 N–H and O–H groups in total. The van der Waals surface area contributed by atoms with Gasteiger partial charge in [0, 0.05) is 45.4 Å². The smallest absolute Gasteiger partial charge is 0.262 e. The summed E-state index contributed by atoms with van der Waals surface area (Å²) in [7, 11) is -3.24. The summed E-state index contributed by atoms with van der Waals surface area (Å²) < 4.78 is 51.5. The first-order valence-corrected chi connectivity index (χ1v) is 10.2. The second-order valence-electron chi connectivity index (χ2n) is 6.98. The van der Waals surface area contributed by atoms with Gasteiger partial charge in [-0.2, -0.15) is 0 Å². The van der Waals surface area contributed by atoms with E-state index < -0.39 is 32.8 Å². The molecule has 0 spiro atoms. The minimum atomic E-state index is -3.24. The van der Waals surface area contributed by atoms with Crippen LogP contribution in [0.4, 0.5) is 8.78 Å². The summed E-state index contributed by atoms with van der Waals surface area (Å²) in [6.45, 7) is 0.775. The van der Waals surface area contributed by atoms with Crippen molar-refractivity contribution in [2.75, 3.05) is 32.4 Å². The zero-order valence-corrected chi connectivity index (χ0v) is 14.9. The maximum absolute atomic E-state index is 14.3. The molecule has 8 heteroatoms. The molecular formula is C17H22F2N2O3S. The number of sulfone groups is 1. The second kappa shape index (κ2) is 6.64. The van der Waals surface area contributed by atoms with Gasteiger partial charge in [0.1, 0.15) is 5.92 Å². The van der Waals surface area contributed by atoms with Gasteiger partial charge in [-0.1, -0.05) is 30.3 Å². The summed E-state index contributed by atoms with van der Waals surface area (Å²) in [5, 5.41) is -0.630. The molecule has 25 heavy (non-hydrogen) atoms. The fourth-order valence-electron chi connectivity index (χ4n) is 3.32. The lowest BCUT2D eigenvalue weighted by Gasteiger charge is -2.44. The SMILES string of the molecule is CS(=O)(=O)C1CN(C(=O)[C@@H]2CN(Cc3ccccc3)CCC2(F)F)C1. The van der Waals surface area contributed by atoms with Crippen molar-refractivity contribution in [1.29, 1.82) is 0 Å². The molecular weight excluding hydrogens is 350 g/mol. The monoisotopic (exact) mass is 372 g/mol. The van der Waals surface area contributed by atoms with Crippen molar-refractivity contribution in [3.63, 3.8) is 0 Å². The highest BCUT2D eigenvalue weighted by molar-refractivity contribution is 7.91. The molecule has 0 radical (unpaired) electrons. The fraction of sp³-hybridized carbons (Fsp3) is 0.588.